The zero-order chi connectivity index (χ0) is 14.5. The second-order valence-corrected chi connectivity index (χ2v) is 4.66. The van der Waals surface area contributed by atoms with E-state index in [2.05, 4.69) is 20.0 Å². The second kappa shape index (κ2) is 6.18. The van der Waals surface area contributed by atoms with Crippen molar-refractivity contribution in [3.63, 3.8) is 0 Å². The van der Waals surface area contributed by atoms with Crippen molar-refractivity contribution in [3.05, 3.63) is 51.8 Å². The lowest BCUT2D eigenvalue weighted by Gasteiger charge is -2.14. The minimum absolute atomic E-state index is 0.0508. The number of aryl methyl sites for hydroxylation is 1. The molecule has 0 aliphatic rings. The van der Waals surface area contributed by atoms with Crippen molar-refractivity contribution in [1.29, 1.82) is 0 Å². The van der Waals surface area contributed by atoms with E-state index >= 15 is 0 Å². The second-order valence-electron chi connectivity index (χ2n) is 4.66. The van der Waals surface area contributed by atoms with E-state index in [1.165, 1.54) is 0 Å². The summed E-state index contributed by atoms with van der Waals surface area (Å²) in [6, 6.07) is 7.81. The zero-order valence-electron chi connectivity index (χ0n) is 11.5. The standard InChI is InChI=1S/C14H17N3O3/c1-9-5-3-4-6-11(9)10(2)13(18)15-8-7-12-16-14(19)20-17-12/h3-6,10H,7-8H2,1-2H3,(H,15,18)(H,16,17,19). The van der Waals surface area contributed by atoms with Crippen LogP contribution in [0.25, 0.3) is 0 Å². The minimum atomic E-state index is -0.584. The summed E-state index contributed by atoms with van der Waals surface area (Å²) < 4.78 is 4.38. The van der Waals surface area contributed by atoms with Crippen LogP contribution < -0.4 is 11.1 Å². The molecule has 0 radical (unpaired) electrons. The van der Waals surface area contributed by atoms with Crippen LogP contribution in [0.5, 0.6) is 0 Å². The molecule has 1 amide bonds. The zero-order valence-corrected chi connectivity index (χ0v) is 11.5. The van der Waals surface area contributed by atoms with Crippen molar-refractivity contribution in [2.45, 2.75) is 26.2 Å². The number of aromatic nitrogens is 2. The number of nitrogens with zero attached hydrogens (tertiary/aromatic N) is 1. The normalized spacial score (nSPS) is 12.1. The Morgan fingerprint density at radius 3 is 2.85 bits per heavy atom. The van der Waals surface area contributed by atoms with E-state index in [-0.39, 0.29) is 11.8 Å². The van der Waals surface area contributed by atoms with Crippen molar-refractivity contribution in [2.75, 3.05) is 6.54 Å². The van der Waals surface area contributed by atoms with Crippen LogP contribution in [-0.2, 0) is 11.2 Å². The maximum atomic E-state index is 12.1. The molecule has 106 valence electrons. The number of benzene rings is 1. The molecule has 0 spiro atoms. The summed E-state index contributed by atoms with van der Waals surface area (Å²) in [5.74, 6) is -0.420. The molecule has 1 aromatic heterocycles. The van der Waals surface area contributed by atoms with Gasteiger partial charge in [-0.1, -0.05) is 29.4 Å². The first-order valence-corrected chi connectivity index (χ1v) is 6.46. The molecule has 1 aromatic carbocycles. The van der Waals surface area contributed by atoms with E-state index in [9.17, 15) is 9.59 Å². The maximum Gasteiger partial charge on any atom is 0.438 e. The first-order valence-electron chi connectivity index (χ1n) is 6.46. The largest absolute Gasteiger partial charge is 0.438 e. The predicted octanol–water partition coefficient (Wildman–Crippen LogP) is 1.13. The van der Waals surface area contributed by atoms with Gasteiger partial charge in [-0.05, 0) is 25.0 Å². The van der Waals surface area contributed by atoms with Gasteiger partial charge >= 0.3 is 5.76 Å². The Morgan fingerprint density at radius 2 is 2.20 bits per heavy atom. The van der Waals surface area contributed by atoms with Gasteiger partial charge in [-0.25, -0.2) is 4.79 Å². The van der Waals surface area contributed by atoms with Crippen molar-refractivity contribution < 1.29 is 9.32 Å². The molecular formula is C14H17N3O3. The van der Waals surface area contributed by atoms with Gasteiger partial charge in [-0.3, -0.25) is 14.3 Å². The first-order chi connectivity index (χ1) is 9.58. The van der Waals surface area contributed by atoms with E-state index < -0.39 is 5.76 Å². The molecule has 0 aliphatic carbocycles. The van der Waals surface area contributed by atoms with Crippen LogP contribution in [0.15, 0.2) is 33.6 Å². The summed E-state index contributed by atoms with van der Waals surface area (Å²) >= 11 is 0. The Labute approximate surface area is 116 Å². The number of rotatable bonds is 5. The molecule has 1 atom stereocenters. The Kier molecular flexibility index (Phi) is 4.34. The number of aromatic amines is 1. The van der Waals surface area contributed by atoms with Gasteiger partial charge < -0.3 is 5.32 Å². The van der Waals surface area contributed by atoms with E-state index in [0.717, 1.165) is 11.1 Å². The third-order valence-corrected chi connectivity index (χ3v) is 3.19. The quantitative estimate of drug-likeness (QED) is 0.856. The third kappa shape index (κ3) is 3.34. The highest BCUT2D eigenvalue weighted by Gasteiger charge is 2.16. The molecule has 6 heteroatoms. The van der Waals surface area contributed by atoms with Crippen LogP contribution in [0.4, 0.5) is 0 Å². The van der Waals surface area contributed by atoms with Crippen LogP contribution >= 0.6 is 0 Å². The third-order valence-electron chi connectivity index (χ3n) is 3.19. The Morgan fingerprint density at radius 1 is 1.45 bits per heavy atom. The van der Waals surface area contributed by atoms with Gasteiger partial charge in [0, 0.05) is 13.0 Å². The average molecular weight is 275 g/mol. The molecule has 6 nitrogen and oxygen atoms in total. The fourth-order valence-electron chi connectivity index (χ4n) is 2.04. The summed E-state index contributed by atoms with van der Waals surface area (Å²) in [4.78, 5) is 25.2. The number of H-pyrrole nitrogens is 1. The highest BCUT2D eigenvalue weighted by Crippen LogP contribution is 2.18. The van der Waals surface area contributed by atoms with Crippen LogP contribution in [0.2, 0.25) is 0 Å². The fraction of sp³-hybridized carbons (Fsp3) is 0.357. The molecule has 0 fully saturated rings. The molecule has 0 bridgehead atoms. The highest BCUT2D eigenvalue weighted by atomic mass is 16.5. The van der Waals surface area contributed by atoms with Crippen LogP contribution in [0.1, 0.15) is 29.8 Å². The first kappa shape index (κ1) is 14.0. The van der Waals surface area contributed by atoms with Crippen LogP contribution in [0.3, 0.4) is 0 Å². The minimum Gasteiger partial charge on any atom is -0.355 e. The molecule has 20 heavy (non-hydrogen) atoms. The smallest absolute Gasteiger partial charge is 0.355 e. The average Bonchev–Trinajstić information content (AvgIpc) is 2.84. The molecule has 0 aliphatic heterocycles. The summed E-state index contributed by atoms with van der Waals surface area (Å²) in [5, 5.41) is 6.36. The van der Waals surface area contributed by atoms with Crippen LogP contribution in [-0.4, -0.2) is 22.6 Å². The molecule has 2 aromatic rings. The molecule has 2 N–H and O–H groups in total. The predicted molar refractivity (Wildman–Crippen MR) is 73.4 cm³/mol. The number of nitrogens with one attached hydrogen (secondary N) is 2. The fourth-order valence-corrected chi connectivity index (χ4v) is 2.04. The topological polar surface area (TPSA) is 88.0 Å². The van der Waals surface area contributed by atoms with Crippen molar-refractivity contribution >= 4 is 5.91 Å². The molecule has 2 rings (SSSR count). The molecule has 1 unspecified atom stereocenters. The maximum absolute atomic E-state index is 12.1. The van der Waals surface area contributed by atoms with E-state index in [0.29, 0.717) is 18.8 Å². The van der Waals surface area contributed by atoms with E-state index in [1.54, 1.807) is 0 Å². The lowest BCUT2D eigenvalue weighted by Crippen LogP contribution is -2.30. The molecule has 0 saturated carbocycles. The van der Waals surface area contributed by atoms with E-state index in [4.69, 9.17) is 0 Å². The molecular weight excluding hydrogens is 258 g/mol. The lowest BCUT2D eigenvalue weighted by atomic mass is 9.96. The highest BCUT2D eigenvalue weighted by molar-refractivity contribution is 5.83. The van der Waals surface area contributed by atoms with Gasteiger partial charge in [-0.2, -0.15) is 0 Å². The number of hydrogen-bond acceptors (Lipinski definition) is 4. The number of carbonyl (C=O) groups is 1. The van der Waals surface area contributed by atoms with Gasteiger partial charge in [0.05, 0.1) is 5.92 Å². The Hall–Kier alpha value is -2.37. The lowest BCUT2D eigenvalue weighted by molar-refractivity contribution is -0.122. The van der Waals surface area contributed by atoms with Crippen LogP contribution in [0, 0.1) is 6.92 Å². The van der Waals surface area contributed by atoms with Gasteiger partial charge in [0.15, 0.2) is 5.82 Å². The van der Waals surface area contributed by atoms with Crippen molar-refractivity contribution in [2.24, 2.45) is 0 Å². The summed E-state index contributed by atoms with van der Waals surface area (Å²) in [6.45, 7) is 4.26. The van der Waals surface area contributed by atoms with Gasteiger partial charge in [-0.15, -0.1) is 0 Å². The number of amides is 1. The Balaban J connectivity index is 1.88. The van der Waals surface area contributed by atoms with Crippen molar-refractivity contribution in [1.82, 2.24) is 15.5 Å². The van der Waals surface area contributed by atoms with E-state index in [1.807, 2.05) is 38.1 Å². The molecule has 0 saturated heterocycles. The Bertz CT molecular complexity index is 645. The van der Waals surface area contributed by atoms with Gasteiger partial charge in [0.25, 0.3) is 0 Å². The summed E-state index contributed by atoms with van der Waals surface area (Å²) in [7, 11) is 0. The van der Waals surface area contributed by atoms with Gasteiger partial charge in [0.1, 0.15) is 0 Å². The molecule has 1 heterocycles. The summed E-state index contributed by atoms with van der Waals surface area (Å²) in [5.41, 5.74) is 2.11. The van der Waals surface area contributed by atoms with Gasteiger partial charge in [0.2, 0.25) is 5.91 Å². The number of carbonyl (C=O) groups excluding carboxylic acids is 1. The van der Waals surface area contributed by atoms with Crippen molar-refractivity contribution in [3.8, 4) is 0 Å². The SMILES string of the molecule is Cc1ccccc1C(C)C(=O)NCCc1noc(=O)[nH]1. The monoisotopic (exact) mass is 275 g/mol. The summed E-state index contributed by atoms with van der Waals surface area (Å²) in [6.07, 6.45) is 0.429. The number of hydrogen-bond donors (Lipinski definition) is 2.